The van der Waals surface area contributed by atoms with Crippen molar-refractivity contribution in [3.05, 3.63) is 24.0 Å². The molecule has 0 saturated carbocycles. The molecule has 0 aromatic carbocycles. The Morgan fingerprint density at radius 3 is 3.18 bits per heavy atom. The minimum absolute atomic E-state index is 0. The van der Waals surface area contributed by atoms with Gasteiger partial charge in [0.25, 0.3) is 0 Å². The van der Waals surface area contributed by atoms with Crippen LogP contribution < -0.4 is 10.6 Å². The van der Waals surface area contributed by atoms with E-state index in [1.807, 2.05) is 18.3 Å². The van der Waals surface area contributed by atoms with E-state index in [1.54, 1.807) is 0 Å². The van der Waals surface area contributed by atoms with Gasteiger partial charge in [-0.2, -0.15) is 0 Å². The fourth-order valence-corrected chi connectivity index (χ4v) is 1.08. The number of hydrogen-bond donors (Lipinski definition) is 2. The van der Waals surface area contributed by atoms with E-state index in [4.69, 9.17) is 0 Å². The standard InChI is InChI=1S/C7H9N3.Pb.2H/c1-2-6-7(9-3-1)4-8-5-10-6;;;/h1-3,8,10H,4-5H2;;;. The summed E-state index contributed by atoms with van der Waals surface area (Å²) in [5.74, 6) is 0. The number of hydrogen-bond acceptors (Lipinski definition) is 3. The molecular weight excluding hydrogens is 333 g/mol. The van der Waals surface area contributed by atoms with Gasteiger partial charge in [0.15, 0.2) is 0 Å². The van der Waals surface area contributed by atoms with Crippen molar-refractivity contribution in [1.29, 1.82) is 0 Å². The van der Waals surface area contributed by atoms with Crippen molar-refractivity contribution in [2.24, 2.45) is 0 Å². The van der Waals surface area contributed by atoms with Crippen molar-refractivity contribution in [3.63, 3.8) is 0 Å². The van der Waals surface area contributed by atoms with Crippen LogP contribution in [0.25, 0.3) is 0 Å². The van der Waals surface area contributed by atoms with Crippen LogP contribution in [0.4, 0.5) is 5.69 Å². The van der Waals surface area contributed by atoms with Gasteiger partial charge in [-0.15, -0.1) is 0 Å². The van der Waals surface area contributed by atoms with Crippen LogP contribution in [0.15, 0.2) is 18.3 Å². The van der Waals surface area contributed by atoms with Crippen LogP contribution in [0.3, 0.4) is 0 Å². The molecule has 1 aromatic heterocycles. The number of nitrogens with one attached hydrogen (secondary N) is 2. The van der Waals surface area contributed by atoms with E-state index in [0.717, 1.165) is 24.6 Å². The summed E-state index contributed by atoms with van der Waals surface area (Å²) >= 11 is 0. The molecule has 0 saturated heterocycles. The second-order valence-electron chi connectivity index (χ2n) is 2.28. The van der Waals surface area contributed by atoms with E-state index < -0.39 is 0 Å². The van der Waals surface area contributed by atoms with Gasteiger partial charge in [0.1, 0.15) is 0 Å². The molecule has 2 heterocycles. The van der Waals surface area contributed by atoms with Gasteiger partial charge in [-0.3, -0.25) is 10.3 Å². The van der Waals surface area contributed by atoms with E-state index in [0.29, 0.717) is 0 Å². The van der Waals surface area contributed by atoms with Gasteiger partial charge in [0.2, 0.25) is 0 Å². The van der Waals surface area contributed by atoms with Gasteiger partial charge >= 0.3 is 27.3 Å². The van der Waals surface area contributed by atoms with E-state index in [1.165, 1.54) is 0 Å². The normalized spacial score (nSPS) is 14.2. The fraction of sp³-hybridized carbons (Fsp3) is 0.286. The van der Waals surface area contributed by atoms with Crippen LogP contribution >= 0.6 is 0 Å². The zero-order valence-electron chi connectivity index (χ0n) is 6.30. The molecule has 0 fully saturated rings. The van der Waals surface area contributed by atoms with Gasteiger partial charge in [-0.05, 0) is 12.1 Å². The summed E-state index contributed by atoms with van der Waals surface area (Å²) in [5, 5.41) is 6.36. The van der Waals surface area contributed by atoms with Crippen LogP contribution in [0.2, 0.25) is 0 Å². The molecule has 0 unspecified atom stereocenters. The maximum atomic E-state index is 4.19. The fourth-order valence-electron chi connectivity index (χ4n) is 1.08. The van der Waals surface area contributed by atoms with Gasteiger partial charge in [0.05, 0.1) is 18.1 Å². The van der Waals surface area contributed by atoms with E-state index in [9.17, 15) is 0 Å². The Morgan fingerprint density at radius 2 is 2.36 bits per heavy atom. The molecule has 0 bridgehead atoms. The second-order valence-corrected chi connectivity index (χ2v) is 2.28. The SMILES string of the molecule is [PbH2].c1cnc2c(c1)NCNC2. The monoisotopic (exact) mass is 345 g/mol. The first-order valence-corrected chi connectivity index (χ1v) is 3.35. The summed E-state index contributed by atoms with van der Waals surface area (Å²) in [6.45, 7) is 1.72. The summed E-state index contributed by atoms with van der Waals surface area (Å²) in [7, 11) is 0. The summed E-state index contributed by atoms with van der Waals surface area (Å²) in [6.07, 6.45) is 1.81. The molecular formula is C7H11N3Pb. The molecule has 0 atom stereocenters. The molecule has 58 valence electrons. The van der Waals surface area contributed by atoms with Crippen LogP contribution in [0, 0.1) is 0 Å². The van der Waals surface area contributed by atoms with E-state index in [2.05, 4.69) is 15.6 Å². The minimum atomic E-state index is 0. The van der Waals surface area contributed by atoms with E-state index in [-0.39, 0.29) is 27.3 Å². The molecule has 4 heteroatoms. The molecule has 0 amide bonds. The number of anilines is 1. The zero-order chi connectivity index (χ0) is 6.81. The molecule has 3 nitrogen and oxygen atoms in total. The number of aromatic nitrogens is 1. The van der Waals surface area contributed by atoms with Crippen molar-refractivity contribution in [1.82, 2.24) is 10.3 Å². The van der Waals surface area contributed by atoms with Crippen molar-refractivity contribution in [2.75, 3.05) is 12.0 Å². The van der Waals surface area contributed by atoms with Gasteiger partial charge in [0, 0.05) is 12.7 Å². The third-order valence-electron chi connectivity index (χ3n) is 1.59. The first-order chi connectivity index (χ1) is 4.97. The number of nitrogens with zero attached hydrogens (tertiary/aromatic N) is 1. The molecule has 2 radical (unpaired) electrons. The Hall–Kier alpha value is -0.168. The van der Waals surface area contributed by atoms with Gasteiger partial charge < -0.3 is 5.32 Å². The number of rotatable bonds is 0. The quantitative estimate of drug-likeness (QED) is 0.631. The van der Waals surface area contributed by atoms with Gasteiger partial charge in [-0.1, -0.05) is 0 Å². The Kier molecular flexibility index (Phi) is 3.25. The van der Waals surface area contributed by atoms with Crippen LogP contribution in [0.5, 0.6) is 0 Å². The largest absolute Gasteiger partial charge is 0.371 e. The van der Waals surface area contributed by atoms with Crippen molar-refractivity contribution in [2.45, 2.75) is 6.54 Å². The second kappa shape index (κ2) is 4.01. The van der Waals surface area contributed by atoms with Gasteiger partial charge in [-0.25, -0.2) is 0 Å². The average Bonchev–Trinajstić information content (AvgIpc) is 2.05. The Morgan fingerprint density at radius 1 is 1.45 bits per heavy atom. The third kappa shape index (κ3) is 1.90. The van der Waals surface area contributed by atoms with Crippen LogP contribution in [0.1, 0.15) is 5.69 Å². The predicted molar refractivity (Wildman–Crippen MR) is 48.1 cm³/mol. The Bertz CT molecular complexity index is 214. The third-order valence-corrected chi connectivity index (χ3v) is 1.59. The van der Waals surface area contributed by atoms with Crippen LogP contribution in [-0.2, 0) is 6.54 Å². The van der Waals surface area contributed by atoms with Crippen molar-refractivity contribution in [3.8, 4) is 0 Å². The number of fused-ring (bicyclic) bond motifs is 1. The maximum absolute atomic E-state index is 4.19. The summed E-state index contributed by atoms with van der Waals surface area (Å²) < 4.78 is 0. The Balaban J connectivity index is 0.000000605. The topological polar surface area (TPSA) is 37.0 Å². The van der Waals surface area contributed by atoms with E-state index >= 15 is 0 Å². The van der Waals surface area contributed by atoms with Crippen LogP contribution in [-0.4, -0.2) is 39.0 Å². The molecule has 1 aliphatic rings. The molecule has 0 spiro atoms. The smallest absolute Gasteiger partial charge is 0.0773 e. The molecule has 2 N–H and O–H groups in total. The summed E-state index contributed by atoms with van der Waals surface area (Å²) in [5.41, 5.74) is 2.26. The van der Waals surface area contributed by atoms with Crippen molar-refractivity contribution >= 4 is 33.0 Å². The number of pyridine rings is 1. The molecule has 0 aliphatic carbocycles. The molecule has 1 aliphatic heterocycles. The van der Waals surface area contributed by atoms with Crippen molar-refractivity contribution < 1.29 is 0 Å². The Labute approximate surface area is 85.8 Å². The average molecular weight is 344 g/mol. The summed E-state index contributed by atoms with van der Waals surface area (Å²) in [4.78, 5) is 4.19. The zero-order valence-corrected chi connectivity index (χ0v) is 11.8. The molecule has 1 aromatic rings. The minimum Gasteiger partial charge on any atom is -0.371 e. The summed E-state index contributed by atoms with van der Waals surface area (Å²) in [6, 6.07) is 3.99. The maximum Gasteiger partial charge on any atom is 0.0773 e. The molecule has 2 rings (SSSR count). The first-order valence-electron chi connectivity index (χ1n) is 3.35. The first kappa shape index (κ1) is 8.92. The predicted octanol–water partition coefficient (Wildman–Crippen LogP) is -0.362. The molecule has 11 heavy (non-hydrogen) atoms.